The Morgan fingerprint density at radius 3 is 2.41 bits per heavy atom. The molecular formula is C13H12F3N3O3. The van der Waals surface area contributed by atoms with Crippen molar-refractivity contribution in [3.05, 3.63) is 29.8 Å². The zero-order valence-electron chi connectivity index (χ0n) is 11.2. The van der Waals surface area contributed by atoms with E-state index in [9.17, 15) is 27.6 Å². The van der Waals surface area contributed by atoms with Crippen molar-refractivity contribution >= 4 is 23.4 Å². The Hall–Kier alpha value is -2.58. The number of benzene rings is 1. The van der Waals surface area contributed by atoms with Crippen molar-refractivity contribution in [2.45, 2.75) is 19.0 Å². The van der Waals surface area contributed by atoms with Gasteiger partial charge < -0.3 is 5.32 Å². The summed E-state index contributed by atoms with van der Waals surface area (Å²) in [4.78, 5) is 34.2. The van der Waals surface area contributed by atoms with Crippen LogP contribution < -0.4 is 16.2 Å². The molecule has 1 aliphatic rings. The lowest BCUT2D eigenvalue weighted by Gasteiger charge is -2.10. The van der Waals surface area contributed by atoms with E-state index in [1.165, 1.54) is 12.1 Å². The van der Waals surface area contributed by atoms with E-state index in [0.29, 0.717) is 0 Å². The van der Waals surface area contributed by atoms with Crippen molar-refractivity contribution in [2.75, 3.05) is 5.32 Å². The Labute approximate surface area is 123 Å². The molecule has 9 heteroatoms. The minimum Gasteiger partial charge on any atom is -0.326 e. The van der Waals surface area contributed by atoms with E-state index in [4.69, 9.17) is 0 Å². The van der Waals surface area contributed by atoms with E-state index in [1.54, 1.807) is 0 Å². The highest BCUT2D eigenvalue weighted by molar-refractivity contribution is 6.05. The Morgan fingerprint density at radius 1 is 1.18 bits per heavy atom. The summed E-state index contributed by atoms with van der Waals surface area (Å²) in [6.07, 6.45) is -4.69. The number of nitrogens with one attached hydrogen (secondary N) is 3. The van der Waals surface area contributed by atoms with Crippen LogP contribution in [0.1, 0.15) is 18.4 Å². The van der Waals surface area contributed by atoms with Crippen LogP contribution in [0, 0.1) is 5.92 Å². The first-order valence-electron chi connectivity index (χ1n) is 6.34. The Bertz CT molecular complexity index is 600. The van der Waals surface area contributed by atoms with E-state index in [1.807, 2.05) is 0 Å². The first kappa shape index (κ1) is 15.8. The normalized spacial score (nSPS) is 15.4. The smallest absolute Gasteiger partial charge is 0.326 e. The highest BCUT2D eigenvalue weighted by Gasteiger charge is 2.33. The van der Waals surface area contributed by atoms with Crippen LogP contribution in [0.25, 0.3) is 0 Å². The minimum absolute atomic E-state index is 0.000139. The van der Waals surface area contributed by atoms with Crippen molar-refractivity contribution in [3.8, 4) is 0 Å². The number of carbonyl (C=O) groups is 3. The summed E-state index contributed by atoms with van der Waals surface area (Å²) in [5.74, 6) is -2.60. The molecule has 2 rings (SSSR count). The van der Waals surface area contributed by atoms with E-state index in [2.05, 4.69) is 16.2 Å². The quantitative estimate of drug-likeness (QED) is 0.730. The van der Waals surface area contributed by atoms with Crippen LogP contribution in [0.4, 0.5) is 18.9 Å². The topological polar surface area (TPSA) is 87.3 Å². The van der Waals surface area contributed by atoms with E-state index in [0.717, 1.165) is 12.1 Å². The number of carbonyl (C=O) groups excluding carboxylic acids is 3. The van der Waals surface area contributed by atoms with Gasteiger partial charge in [-0.05, 0) is 24.6 Å². The van der Waals surface area contributed by atoms with Crippen molar-refractivity contribution < 1.29 is 27.6 Å². The second-order valence-corrected chi connectivity index (χ2v) is 4.70. The Kier molecular flexibility index (Phi) is 4.34. The number of rotatable bonds is 4. The highest BCUT2D eigenvalue weighted by atomic mass is 19.4. The number of halogens is 3. The van der Waals surface area contributed by atoms with Crippen molar-refractivity contribution in [1.29, 1.82) is 0 Å². The molecule has 1 aliphatic heterocycles. The maximum Gasteiger partial charge on any atom is 0.416 e. The minimum atomic E-state index is -4.50. The Morgan fingerprint density at radius 2 is 1.82 bits per heavy atom. The largest absolute Gasteiger partial charge is 0.416 e. The van der Waals surface area contributed by atoms with Gasteiger partial charge >= 0.3 is 6.18 Å². The zero-order valence-corrected chi connectivity index (χ0v) is 11.2. The molecule has 0 atom stereocenters. The predicted octanol–water partition coefficient (Wildman–Crippen LogP) is 1.20. The molecule has 1 aromatic carbocycles. The second-order valence-electron chi connectivity index (χ2n) is 4.70. The van der Waals surface area contributed by atoms with Gasteiger partial charge in [0.2, 0.25) is 5.91 Å². The maximum absolute atomic E-state index is 12.5. The maximum atomic E-state index is 12.5. The molecule has 0 radical (unpaired) electrons. The molecule has 1 heterocycles. The van der Waals surface area contributed by atoms with Gasteiger partial charge in [-0.15, -0.1) is 0 Å². The highest BCUT2D eigenvalue weighted by Crippen LogP contribution is 2.30. The molecule has 0 spiro atoms. The number of hydrazine groups is 1. The van der Waals surface area contributed by atoms with Gasteiger partial charge in [-0.3, -0.25) is 25.2 Å². The number of hydrogen-bond donors (Lipinski definition) is 3. The van der Waals surface area contributed by atoms with Gasteiger partial charge in [0.25, 0.3) is 11.8 Å². The number of anilines is 1. The summed E-state index contributed by atoms with van der Waals surface area (Å²) in [5.41, 5.74) is 3.37. The zero-order chi connectivity index (χ0) is 16.3. The summed E-state index contributed by atoms with van der Waals surface area (Å²) in [6.45, 7) is 0. The van der Waals surface area contributed by atoms with Crippen LogP contribution in [0.2, 0.25) is 0 Å². The molecule has 1 saturated heterocycles. The molecule has 0 unspecified atom stereocenters. The number of alkyl halides is 3. The predicted molar refractivity (Wildman–Crippen MR) is 69.1 cm³/mol. The van der Waals surface area contributed by atoms with E-state index >= 15 is 0 Å². The van der Waals surface area contributed by atoms with Crippen LogP contribution in [0.5, 0.6) is 0 Å². The lowest BCUT2D eigenvalue weighted by Crippen LogP contribution is -2.28. The van der Waals surface area contributed by atoms with Gasteiger partial charge in [0.1, 0.15) is 5.92 Å². The molecule has 1 aromatic rings. The fraction of sp³-hybridized carbons (Fsp3) is 0.308. The Balaban J connectivity index is 1.92. The third-order valence-corrected chi connectivity index (χ3v) is 3.08. The van der Waals surface area contributed by atoms with Gasteiger partial charge in [0.15, 0.2) is 0 Å². The van der Waals surface area contributed by atoms with Crippen LogP contribution in [-0.2, 0) is 20.6 Å². The number of hydrogen-bond acceptors (Lipinski definition) is 3. The molecule has 0 saturated carbocycles. The number of amides is 3. The molecule has 0 aliphatic carbocycles. The molecular weight excluding hydrogens is 303 g/mol. The molecule has 0 aromatic heterocycles. The molecule has 0 bridgehead atoms. The molecule has 1 fully saturated rings. The monoisotopic (exact) mass is 315 g/mol. The first-order chi connectivity index (χ1) is 10.3. The standard InChI is InChI=1S/C13H12F3N3O3/c14-13(15,16)7-2-1-3-8(6-7)17-10(20)5-4-9-11(21)18-19-12(9)22/h1-3,6,9H,4-5H2,(H,17,20)(H,18,21)(H,19,22). The van der Waals surface area contributed by atoms with E-state index < -0.39 is 35.4 Å². The summed E-state index contributed by atoms with van der Waals surface area (Å²) < 4.78 is 37.6. The fourth-order valence-electron chi connectivity index (χ4n) is 1.95. The van der Waals surface area contributed by atoms with Crippen LogP contribution in [-0.4, -0.2) is 17.7 Å². The van der Waals surface area contributed by atoms with Crippen LogP contribution in [0.15, 0.2) is 24.3 Å². The van der Waals surface area contributed by atoms with Crippen LogP contribution in [0.3, 0.4) is 0 Å². The van der Waals surface area contributed by atoms with Gasteiger partial charge in [-0.2, -0.15) is 13.2 Å². The molecule has 3 amide bonds. The van der Waals surface area contributed by atoms with Gasteiger partial charge in [0.05, 0.1) is 5.56 Å². The van der Waals surface area contributed by atoms with E-state index in [-0.39, 0.29) is 18.5 Å². The summed E-state index contributed by atoms with van der Waals surface area (Å²) >= 11 is 0. The van der Waals surface area contributed by atoms with Crippen molar-refractivity contribution in [3.63, 3.8) is 0 Å². The average molecular weight is 315 g/mol. The third kappa shape index (κ3) is 3.74. The molecule has 3 N–H and O–H groups in total. The van der Waals surface area contributed by atoms with Gasteiger partial charge in [0, 0.05) is 12.1 Å². The van der Waals surface area contributed by atoms with Crippen molar-refractivity contribution in [1.82, 2.24) is 10.9 Å². The molecule has 6 nitrogen and oxygen atoms in total. The van der Waals surface area contributed by atoms with Crippen LogP contribution >= 0.6 is 0 Å². The SMILES string of the molecule is O=C(CCC1C(=O)NNC1=O)Nc1cccc(C(F)(F)F)c1. The summed E-state index contributed by atoms with van der Waals surface area (Å²) in [6, 6.07) is 4.20. The second kappa shape index (κ2) is 6.04. The molecule has 22 heavy (non-hydrogen) atoms. The van der Waals surface area contributed by atoms with Crippen molar-refractivity contribution in [2.24, 2.45) is 5.92 Å². The van der Waals surface area contributed by atoms with Gasteiger partial charge in [-0.25, -0.2) is 0 Å². The lowest BCUT2D eigenvalue weighted by molar-refractivity contribution is -0.137. The lowest BCUT2D eigenvalue weighted by atomic mass is 10.0. The molecule has 118 valence electrons. The fourth-order valence-corrected chi connectivity index (χ4v) is 1.95. The van der Waals surface area contributed by atoms with Gasteiger partial charge in [-0.1, -0.05) is 6.07 Å². The summed E-state index contributed by atoms with van der Waals surface area (Å²) in [7, 11) is 0. The average Bonchev–Trinajstić information content (AvgIpc) is 2.75. The first-order valence-corrected chi connectivity index (χ1v) is 6.34. The third-order valence-electron chi connectivity index (χ3n) is 3.08. The summed E-state index contributed by atoms with van der Waals surface area (Å²) in [5, 5.41) is 2.31.